The third-order valence-electron chi connectivity index (χ3n) is 2.14. The highest BCUT2D eigenvalue weighted by molar-refractivity contribution is 5.79. The molecule has 0 aromatic rings. The minimum Gasteiger partial charge on any atom is -0.461 e. The topological polar surface area (TPSA) is 64.6 Å². The number of hydrogen-bond acceptors (Lipinski definition) is 4. The number of carbonyl (C=O) groups is 2. The third-order valence-corrected chi connectivity index (χ3v) is 2.14. The monoisotopic (exact) mass is 241 g/mol. The molecular formula is C12H19NO4. The molecule has 0 aromatic carbocycles. The molecule has 1 aliphatic carbocycles. The first-order valence-electron chi connectivity index (χ1n) is 5.60. The predicted octanol–water partition coefficient (Wildman–Crippen LogP) is 1.63. The van der Waals surface area contributed by atoms with Gasteiger partial charge in [0.2, 0.25) is 0 Å². The van der Waals surface area contributed by atoms with Crippen LogP contribution in [0.2, 0.25) is 0 Å². The molecule has 0 aromatic heterocycles. The van der Waals surface area contributed by atoms with Gasteiger partial charge in [0.25, 0.3) is 0 Å². The molecule has 5 heteroatoms. The molecule has 2 atom stereocenters. The van der Waals surface area contributed by atoms with Crippen molar-refractivity contribution in [1.29, 1.82) is 0 Å². The second kappa shape index (κ2) is 5.21. The third kappa shape index (κ3) is 4.89. The number of amides is 1. The first-order chi connectivity index (χ1) is 7.83. The lowest BCUT2D eigenvalue weighted by molar-refractivity contribution is -0.144. The van der Waals surface area contributed by atoms with Gasteiger partial charge < -0.3 is 14.8 Å². The number of alkyl carbamates (subject to hydrolysis) is 1. The van der Waals surface area contributed by atoms with Crippen LogP contribution in [0.1, 0.15) is 27.2 Å². The van der Waals surface area contributed by atoms with Crippen molar-refractivity contribution < 1.29 is 19.1 Å². The van der Waals surface area contributed by atoms with Gasteiger partial charge in [-0.1, -0.05) is 12.7 Å². The van der Waals surface area contributed by atoms with Crippen molar-refractivity contribution >= 4 is 12.1 Å². The lowest BCUT2D eigenvalue weighted by Gasteiger charge is -2.19. The number of esters is 1. The molecule has 0 radical (unpaired) electrons. The fraction of sp³-hybridized carbons (Fsp3) is 0.667. The minimum absolute atomic E-state index is 0.165. The van der Waals surface area contributed by atoms with Crippen LogP contribution in [-0.2, 0) is 14.3 Å². The molecule has 0 heterocycles. The summed E-state index contributed by atoms with van der Waals surface area (Å²) in [6.45, 7) is 9.02. The van der Waals surface area contributed by atoms with E-state index in [1.807, 2.05) is 0 Å². The summed E-state index contributed by atoms with van der Waals surface area (Å²) in [5.41, 5.74) is -0.530. The second-order valence-electron chi connectivity index (χ2n) is 5.01. The first-order valence-corrected chi connectivity index (χ1v) is 5.60. The van der Waals surface area contributed by atoms with Gasteiger partial charge in [0.1, 0.15) is 12.2 Å². The average Bonchev–Trinajstić information content (AvgIpc) is 2.90. The van der Waals surface area contributed by atoms with E-state index >= 15 is 0 Å². The Labute approximate surface area is 101 Å². The molecule has 1 N–H and O–H groups in total. The molecule has 2 unspecified atom stereocenters. The Morgan fingerprint density at radius 3 is 2.65 bits per heavy atom. The number of ether oxygens (including phenoxy) is 2. The summed E-state index contributed by atoms with van der Waals surface area (Å²) in [5.74, 6) is -0.548. The van der Waals surface area contributed by atoms with Gasteiger partial charge >= 0.3 is 12.1 Å². The van der Waals surface area contributed by atoms with Gasteiger partial charge in [0.05, 0.1) is 5.92 Å². The summed E-state index contributed by atoms with van der Waals surface area (Å²) in [5, 5.41) is 2.63. The summed E-state index contributed by atoms with van der Waals surface area (Å²) < 4.78 is 9.96. The van der Waals surface area contributed by atoms with Gasteiger partial charge in [-0.25, -0.2) is 4.79 Å². The molecule has 0 spiro atoms. The fourth-order valence-electron chi connectivity index (χ4n) is 1.32. The zero-order valence-corrected chi connectivity index (χ0v) is 10.5. The van der Waals surface area contributed by atoms with E-state index in [2.05, 4.69) is 11.9 Å². The van der Waals surface area contributed by atoms with Crippen molar-refractivity contribution in [3.05, 3.63) is 12.7 Å². The van der Waals surface area contributed by atoms with E-state index < -0.39 is 11.7 Å². The lowest BCUT2D eigenvalue weighted by atomic mass is 10.2. The van der Waals surface area contributed by atoms with Crippen molar-refractivity contribution in [2.24, 2.45) is 5.92 Å². The maximum Gasteiger partial charge on any atom is 0.407 e. The molecule has 1 fully saturated rings. The summed E-state index contributed by atoms with van der Waals surface area (Å²) in [6, 6.07) is -0.165. The average molecular weight is 241 g/mol. The first kappa shape index (κ1) is 13.5. The van der Waals surface area contributed by atoms with E-state index in [4.69, 9.17) is 9.47 Å². The predicted molar refractivity (Wildman–Crippen MR) is 62.4 cm³/mol. The second-order valence-corrected chi connectivity index (χ2v) is 5.01. The van der Waals surface area contributed by atoms with Crippen molar-refractivity contribution in [2.45, 2.75) is 38.8 Å². The van der Waals surface area contributed by atoms with Crippen LogP contribution in [-0.4, -0.2) is 30.3 Å². The standard InChI is InChI=1S/C12H19NO4/c1-5-6-16-10(14)8-7-9(8)13-11(15)17-12(2,3)4/h5,8-9H,1,6-7H2,2-4H3,(H,13,15). The van der Waals surface area contributed by atoms with Crippen LogP contribution in [0.25, 0.3) is 0 Å². The van der Waals surface area contributed by atoms with Crippen LogP contribution >= 0.6 is 0 Å². The van der Waals surface area contributed by atoms with Gasteiger partial charge in [-0.3, -0.25) is 4.79 Å². The van der Waals surface area contributed by atoms with Crippen molar-refractivity contribution in [1.82, 2.24) is 5.32 Å². The van der Waals surface area contributed by atoms with Crippen molar-refractivity contribution in [2.75, 3.05) is 6.61 Å². The number of hydrogen-bond donors (Lipinski definition) is 1. The number of carbonyl (C=O) groups excluding carboxylic acids is 2. The van der Waals surface area contributed by atoms with E-state index in [1.54, 1.807) is 20.8 Å². The van der Waals surface area contributed by atoms with E-state index in [0.717, 1.165) is 0 Å². The molecule has 96 valence electrons. The van der Waals surface area contributed by atoms with E-state index in [1.165, 1.54) is 6.08 Å². The Hall–Kier alpha value is -1.52. The SMILES string of the molecule is C=CCOC(=O)C1CC1NC(=O)OC(C)(C)C. The van der Waals surface area contributed by atoms with Crippen LogP contribution in [0.4, 0.5) is 4.79 Å². The van der Waals surface area contributed by atoms with E-state index in [-0.39, 0.29) is 24.5 Å². The van der Waals surface area contributed by atoms with Crippen LogP contribution in [0, 0.1) is 5.92 Å². The van der Waals surface area contributed by atoms with Crippen LogP contribution in [0.5, 0.6) is 0 Å². The Bertz CT molecular complexity index is 319. The Morgan fingerprint density at radius 1 is 1.47 bits per heavy atom. The molecule has 17 heavy (non-hydrogen) atoms. The zero-order chi connectivity index (χ0) is 13.1. The molecule has 1 aliphatic rings. The van der Waals surface area contributed by atoms with Crippen LogP contribution < -0.4 is 5.32 Å². The molecule has 5 nitrogen and oxygen atoms in total. The maximum absolute atomic E-state index is 11.4. The van der Waals surface area contributed by atoms with Gasteiger partial charge in [0, 0.05) is 6.04 Å². The fourth-order valence-corrected chi connectivity index (χ4v) is 1.32. The van der Waals surface area contributed by atoms with Crippen LogP contribution in [0.15, 0.2) is 12.7 Å². The maximum atomic E-state index is 11.4. The van der Waals surface area contributed by atoms with E-state index in [9.17, 15) is 9.59 Å². The Balaban J connectivity index is 2.26. The molecule has 1 saturated carbocycles. The molecule has 0 saturated heterocycles. The quantitative estimate of drug-likeness (QED) is 0.600. The molecular weight excluding hydrogens is 222 g/mol. The van der Waals surface area contributed by atoms with Crippen LogP contribution in [0.3, 0.4) is 0 Å². The number of rotatable bonds is 4. The van der Waals surface area contributed by atoms with Crippen molar-refractivity contribution in [3.63, 3.8) is 0 Å². The van der Waals surface area contributed by atoms with Gasteiger partial charge in [0.15, 0.2) is 0 Å². The zero-order valence-electron chi connectivity index (χ0n) is 10.5. The molecule has 1 amide bonds. The van der Waals surface area contributed by atoms with Gasteiger partial charge in [-0.2, -0.15) is 0 Å². The smallest absolute Gasteiger partial charge is 0.407 e. The van der Waals surface area contributed by atoms with Crippen molar-refractivity contribution in [3.8, 4) is 0 Å². The summed E-state index contributed by atoms with van der Waals surface area (Å²) in [6.07, 6.45) is 1.62. The summed E-state index contributed by atoms with van der Waals surface area (Å²) in [4.78, 5) is 22.8. The Morgan fingerprint density at radius 2 is 2.12 bits per heavy atom. The highest BCUT2D eigenvalue weighted by atomic mass is 16.6. The largest absolute Gasteiger partial charge is 0.461 e. The normalized spacial score (nSPS) is 22.5. The highest BCUT2D eigenvalue weighted by Crippen LogP contribution is 2.31. The minimum atomic E-state index is -0.530. The van der Waals surface area contributed by atoms with Gasteiger partial charge in [-0.05, 0) is 27.2 Å². The molecule has 1 rings (SSSR count). The van der Waals surface area contributed by atoms with E-state index in [0.29, 0.717) is 6.42 Å². The summed E-state index contributed by atoms with van der Waals surface area (Å²) >= 11 is 0. The lowest BCUT2D eigenvalue weighted by Crippen LogP contribution is -2.35. The van der Waals surface area contributed by atoms with Gasteiger partial charge in [-0.15, -0.1) is 0 Å². The summed E-state index contributed by atoms with van der Waals surface area (Å²) in [7, 11) is 0. The number of nitrogens with one attached hydrogen (secondary N) is 1. The Kier molecular flexibility index (Phi) is 4.15. The molecule has 0 aliphatic heterocycles. The highest BCUT2D eigenvalue weighted by Gasteiger charge is 2.45. The molecule has 0 bridgehead atoms.